The Morgan fingerprint density at radius 3 is 2.43 bits per heavy atom. The summed E-state index contributed by atoms with van der Waals surface area (Å²) in [5.41, 5.74) is 1.51. The average molecular weight is 328 g/mol. The Balaban J connectivity index is 1.90. The lowest BCUT2D eigenvalue weighted by molar-refractivity contribution is 0.233. The monoisotopic (exact) mass is 327 g/mol. The van der Waals surface area contributed by atoms with Gasteiger partial charge < -0.3 is 4.90 Å². The highest BCUT2D eigenvalue weighted by molar-refractivity contribution is 6.33. The maximum absolute atomic E-state index is 9.16. The number of nitriles is 3. The molecule has 0 spiro atoms. The first-order valence-corrected chi connectivity index (χ1v) is 7.99. The fourth-order valence-electron chi connectivity index (χ4n) is 2.75. The predicted molar refractivity (Wildman–Crippen MR) is 88.8 cm³/mol. The van der Waals surface area contributed by atoms with Gasteiger partial charge in [0.15, 0.2) is 0 Å². The Labute approximate surface area is 141 Å². The highest BCUT2D eigenvalue weighted by Crippen LogP contribution is 2.27. The molecule has 1 atom stereocenters. The molecule has 0 N–H and O–H groups in total. The van der Waals surface area contributed by atoms with Gasteiger partial charge in [-0.1, -0.05) is 11.6 Å². The van der Waals surface area contributed by atoms with Crippen molar-refractivity contribution in [3.8, 4) is 18.2 Å². The summed E-state index contributed by atoms with van der Waals surface area (Å²) in [7, 11) is 0. The van der Waals surface area contributed by atoms with E-state index in [0.717, 1.165) is 31.9 Å². The zero-order valence-corrected chi connectivity index (χ0v) is 13.6. The maximum Gasteiger partial charge on any atom is 0.0992 e. The van der Waals surface area contributed by atoms with Crippen LogP contribution < -0.4 is 4.90 Å². The Hall–Kier alpha value is -2.26. The van der Waals surface area contributed by atoms with E-state index in [2.05, 4.69) is 28.0 Å². The number of halogens is 1. The third-order valence-corrected chi connectivity index (χ3v) is 4.36. The topological polar surface area (TPSA) is 77.8 Å². The molecule has 0 aliphatic carbocycles. The molecule has 0 amide bonds. The molecule has 118 valence electrons. The van der Waals surface area contributed by atoms with Gasteiger partial charge >= 0.3 is 0 Å². The van der Waals surface area contributed by atoms with Crippen molar-refractivity contribution >= 4 is 17.3 Å². The van der Waals surface area contributed by atoms with E-state index in [-0.39, 0.29) is 5.92 Å². The molecule has 1 aliphatic heterocycles. The van der Waals surface area contributed by atoms with Crippen molar-refractivity contribution < 1.29 is 0 Å². The van der Waals surface area contributed by atoms with Crippen molar-refractivity contribution in [3.05, 3.63) is 28.8 Å². The first kappa shape index (κ1) is 17.1. The van der Waals surface area contributed by atoms with Gasteiger partial charge in [0, 0.05) is 39.1 Å². The van der Waals surface area contributed by atoms with Crippen LogP contribution in [0, 0.1) is 39.9 Å². The Morgan fingerprint density at radius 1 is 1.13 bits per heavy atom. The van der Waals surface area contributed by atoms with Gasteiger partial charge in [-0.25, -0.2) is 0 Å². The van der Waals surface area contributed by atoms with E-state index in [9.17, 15) is 0 Å². The SMILES string of the molecule is N#CCCC(C#N)CN1CCN(c2ccc(C#N)cc2Cl)CC1. The van der Waals surface area contributed by atoms with Gasteiger partial charge in [0.1, 0.15) is 0 Å². The summed E-state index contributed by atoms with van der Waals surface area (Å²) >= 11 is 6.26. The molecule has 0 radical (unpaired) electrons. The molecular formula is C17H18ClN5. The van der Waals surface area contributed by atoms with Crippen LogP contribution in [0.4, 0.5) is 5.69 Å². The number of hydrogen-bond donors (Lipinski definition) is 0. The minimum absolute atomic E-state index is 0.0836. The molecule has 1 fully saturated rings. The minimum atomic E-state index is -0.0836. The molecule has 1 heterocycles. The molecule has 2 rings (SSSR count). The van der Waals surface area contributed by atoms with Crippen LogP contribution >= 0.6 is 11.6 Å². The molecule has 0 aromatic heterocycles. The maximum atomic E-state index is 9.16. The third kappa shape index (κ3) is 4.60. The molecule has 6 heteroatoms. The molecule has 0 bridgehead atoms. The summed E-state index contributed by atoms with van der Waals surface area (Å²) in [5.74, 6) is -0.0836. The number of nitrogens with zero attached hydrogens (tertiary/aromatic N) is 5. The zero-order chi connectivity index (χ0) is 16.7. The Kier molecular flexibility index (Phi) is 6.24. The lowest BCUT2D eigenvalue weighted by Crippen LogP contribution is -2.47. The number of hydrogen-bond acceptors (Lipinski definition) is 5. The minimum Gasteiger partial charge on any atom is -0.368 e. The van der Waals surface area contributed by atoms with Crippen molar-refractivity contribution in [2.75, 3.05) is 37.6 Å². The molecule has 1 saturated heterocycles. The van der Waals surface area contributed by atoms with Crippen molar-refractivity contribution in [2.45, 2.75) is 12.8 Å². The van der Waals surface area contributed by atoms with Crippen LogP contribution in [-0.2, 0) is 0 Å². The average Bonchev–Trinajstić information content (AvgIpc) is 2.59. The highest BCUT2D eigenvalue weighted by atomic mass is 35.5. The van der Waals surface area contributed by atoms with Gasteiger partial charge in [0.05, 0.1) is 40.4 Å². The molecule has 1 unspecified atom stereocenters. The summed E-state index contributed by atoms with van der Waals surface area (Å²) in [5, 5.41) is 27.3. The zero-order valence-electron chi connectivity index (χ0n) is 12.9. The van der Waals surface area contributed by atoms with Gasteiger partial charge in [-0.2, -0.15) is 15.8 Å². The molecular weight excluding hydrogens is 310 g/mol. The van der Waals surface area contributed by atoms with E-state index in [4.69, 9.17) is 27.4 Å². The molecule has 0 saturated carbocycles. The number of benzene rings is 1. The molecule has 1 aromatic rings. The normalized spacial score (nSPS) is 16.2. The van der Waals surface area contributed by atoms with Crippen LogP contribution in [-0.4, -0.2) is 37.6 Å². The van der Waals surface area contributed by atoms with Crippen LogP contribution in [0.2, 0.25) is 5.02 Å². The summed E-state index contributed by atoms with van der Waals surface area (Å²) in [6, 6.07) is 11.8. The molecule has 1 aliphatic rings. The number of rotatable bonds is 5. The fourth-order valence-corrected chi connectivity index (χ4v) is 3.05. The van der Waals surface area contributed by atoms with Crippen molar-refractivity contribution in [1.82, 2.24) is 4.90 Å². The first-order chi connectivity index (χ1) is 11.2. The second-order valence-corrected chi connectivity index (χ2v) is 6.00. The first-order valence-electron chi connectivity index (χ1n) is 7.61. The molecule has 23 heavy (non-hydrogen) atoms. The Morgan fingerprint density at radius 2 is 1.87 bits per heavy atom. The van der Waals surface area contributed by atoms with Gasteiger partial charge in [-0.3, -0.25) is 4.90 Å². The van der Waals surface area contributed by atoms with Crippen LogP contribution in [0.3, 0.4) is 0 Å². The van der Waals surface area contributed by atoms with Crippen molar-refractivity contribution in [1.29, 1.82) is 15.8 Å². The van der Waals surface area contributed by atoms with Gasteiger partial charge in [-0.05, 0) is 24.6 Å². The second kappa shape index (κ2) is 8.39. The van der Waals surface area contributed by atoms with Gasteiger partial charge in [-0.15, -0.1) is 0 Å². The molecule has 1 aromatic carbocycles. The predicted octanol–water partition coefficient (Wildman–Crippen LogP) is 2.78. The van der Waals surface area contributed by atoms with Crippen molar-refractivity contribution in [2.24, 2.45) is 5.92 Å². The highest BCUT2D eigenvalue weighted by Gasteiger charge is 2.21. The summed E-state index contributed by atoms with van der Waals surface area (Å²) in [6.45, 7) is 4.11. The quantitative estimate of drug-likeness (QED) is 0.831. The standard InChI is InChI=1S/C17H18ClN5/c18-16-10-14(11-20)3-4-17(16)23-8-6-22(7-9-23)13-15(12-21)2-1-5-19/h3-4,10,15H,1-2,6-9,13H2. The van der Waals surface area contributed by atoms with Crippen LogP contribution in [0.15, 0.2) is 18.2 Å². The fraction of sp³-hybridized carbons (Fsp3) is 0.471. The molecule has 5 nitrogen and oxygen atoms in total. The Bertz CT molecular complexity index is 659. The third-order valence-electron chi connectivity index (χ3n) is 4.06. The second-order valence-electron chi connectivity index (χ2n) is 5.59. The largest absolute Gasteiger partial charge is 0.368 e. The van der Waals surface area contributed by atoms with Crippen LogP contribution in [0.5, 0.6) is 0 Å². The van der Waals surface area contributed by atoms with Gasteiger partial charge in [0.2, 0.25) is 0 Å². The number of piperazine rings is 1. The van der Waals surface area contributed by atoms with E-state index in [1.165, 1.54) is 0 Å². The summed E-state index contributed by atoms with van der Waals surface area (Å²) < 4.78 is 0. The van der Waals surface area contributed by atoms with Crippen LogP contribution in [0.1, 0.15) is 18.4 Å². The van der Waals surface area contributed by atoms with E-state index in [1.807, 2.05) is 6.07 Å². The lowest BCUT2D eigenvalue weighted by atomic mass is 10.0. The smallest absolute Gasteiger partial charge is 0.0992 e. The van der Waals surface area contributed by atoms with Crippen LogP contribution in [0.25, 0.3) is 0 Å². The van der Waals surface area contributed by atoms with Gasteiger partial charge in [0.25, 0.3) is 0 Å². The summed E-state index contributed by atoms with van der Waals surface area (Å²) in [6.07, 6.45) is 1.06. The van der Waals surface area contributed by atoms with E-state index in [0.29, 0.717) is 30.0 Å². The summed E-state index contributed by atoms with van der Waals surface area (Å²) in [4.78, 5) is 4.47. The van der Waals surface area contributed by atoms with Crippen molar-refractivity contribution in [3.63, 3.8) is 0 Å². The van der Waals surface area contributed by atoms with E-state index < -0.39 is 0 Å². The van der Waals surface area contributed by atoms with E-state index >= 15 is 0 Å². The van der Waals surface area contributed by atoms with E-state index in [1.54, 1.807) is 12.1 Å². The lowest BCUT2D eigenvalue weighted by Gasteiger charge is -2.37. The number of anilines is 1.